The molecule has 0 fully saturated rings. The first-order chi connectivity index (χ1) is 9.46. The molecule has 6 nitrogen and oxygen atoms in total. The van der Waals surface area contributed by atoms with Crippen molar-refractivity contribution in [3.05, 3.63) is 40.1 Å². The molecule has 0 atom stereocenters. The van der Waals surface area contributed by atoms with Gasteiger partial charge in [-0.3, -0.25) is 0 Å². The maximum absolute atomic E-state index is 11.2. The van der Waals surface area contributed by atoms with E-state index in [4.69, 9.17) is 20.9 Å². The first-order valence-corrected chi connectivity index (χ1v) is 5.51. The van der Waals surface area contributed by atoms with Gasteiger partial charge in [-0.05, 0) is 31.0 Å². The highest BCUT2D eigenvalue weighted by molar-refractivity contribution is 5.96. The van der Waals surface area contributed by atoms with Crippen molar-refractivity contribution in [2.45, 2.75) is 13.8 Å². The minimum absolute atomic E-state index is 0.0314. The molecule has 0 saturated carbocycles. The largest absolute Gasteiger partial charge is 0.478 e. The standard InChI is InChI=1S/C14H10N4O2/c1-8-3-4-11(14(19)20)13(9(8)2)18-12(7-17)10(5-15)6-16/h3-4,18H,1-2H3,(H,19,20). The first-order valence-electron chi connectivity index (χ1n) is 5.51. The van der Waals surface area contributed by atoms with E-state index >= 15 is 0 Å². The minimum Gasteiger partial charge on any atom is -0.478 e. The van der Waals surface area contributed by atoms with E-state index in [1.165, 1.54) is 6.07 Å². The monoisotopic (exact) mass is 266 g/mol. The molecule has 2 N–H and O–H groups in total. The summed E-state index contributed by atoms with van der Waals surface area (Å²) in [4.78, 5) is 11.2. The second kappa shape index (κ2) is 6.04. The molecule has 0 heterocycles. The number of hydrogen-bond acceptors (Lipinski definition) is 5. The minimum atomic E-state index is -1.16. The van der Waals surface area contributed by atoms with E-state index in [-0.39, 0.29) is 16.9 Å². The van der Waals surface area contributed by atoms with Gasteiger partial charge in [0.15, 0.2) is 5.57 Å². The van der Waals surface area contributed by atoms with Gasteiger partial charge in [-0.15, -0.1) is 0 Å². The molecule has 0 saturated heterocycles. The molecule has 1 aromatic rings. The van der Waals surface area contributed by atoms with Gasteiger partial charge in [0.1, 0.15) is 23.9 Å². The van der Waals surface area contributed by atoms with E-state index in [0.29, 0.717) is 5.56 Å². The van der Waals surface area contributed by atoms with Crippen molar-refractivity contribution in [2.75, 3.05) is 5.32 Å². The quantitative estimate of drug-likeness (QED) is 0.809. The van der Waals surface area contributed by atoms with Crippen LogP contribution in [0.4, 0.5) is 5.69 Å². The number of nitrogens with zero attached hydrogens (tertiary/aromatic N) is 3. The summed E-state index contributed by atoms with van der Waals surface area (Å²) in [7, 11) is 0. The van der Waals surface area contributed by atoms with Crippen LogP contribution in [0, 0.1) is 47.8 Å². The van der Waals surface area contributed by atoms with Crippen molar-refractivity contribution in [1.29, 1.82) is 15.8 Å². The SMILES string of the molecule is Cc1ccc(C(=O)O)c(NC(C#N)=C(C#N)C#N)c1C. The molecular weight excluding hydrogens is 256 g/mol. The van der Waals surface area contributed by atoms with Crippen LogP contribution in [0.15, 0.2) is 23.4 Å². The van der Waals surface area contributed by atoms with Crippen molar-refractivity contribution in [2.24, 2.45) is 0 Å². The lowest BCUT2D eigenvalue weighted by Gasteiger charge is -2.13. The Labute approximate surface area is 115 Å². The van der Waals surface area contributed by atoms with Crippen molar-refractivity contribution < 1.29 is 9.90 Å². The lowest BCUT2D eigenvalue weighted by atomic mass is 10.0. The van der Waals surface area contributed by atoms with Gasteiger partial charge in [0, 0.05) is 0 Å². The zero-order chi connectivity index (χ0) is 15.3. The van der Waals surface area contributed by atoms with Gasteiger partial charge in [-0.25, -0.2) is 4.79 Å². The molecule has 0 unspecified atom stereocenters. The van der Waals surface area contributed by atoms with Gasteiger partial charge >= 0.3 is 5.97 Å². The van der Waals surface area contributed by atoms with E-state index < -0.39 is 11.5 Å². The average Bonchev–Trinajstić information content (AvgIpc) is 2.43. The molecule has 0 aliphatic carbocycles. The summed E-state index contributed by atoms with van der Waals surface area (Å²) in [5.41, 5.74) is 0.960. The van der Waals surface area contributed by atoms with Gasteiger partial charge in [-0.1, -0.05) is 6.07 Å². The number of benzene rings is 1. The molecule has 20 heavy (non-hydrogen) atoms. The maximum Gasteiger partial charge on any atom is 0.337 e. The summed E-state index contributed by atoms with van der Waals surface area (Å²) >= 11 is 0. The third-order valence-corrected chi connectivity index (χ3v) is 2.80. The number of aromatic carboxylic acids is 1. The second-order valence-corrected chi connectivity index (χ2v) is 3.95. The van der Waals surface area contributed by atoms with Gasteiger partial charge in [0.05, 0.1) is 11.3 Å². The number of carbonyl (C=O) groups is 1. The molecule has 1 rings (SSSR count). The average molecular weight is 266 g/mol. The number of carboxylic acids is 1. The summed E-state index contributed by atoms with van der Waals surface area (Å²) in [5.74, 6) is -1.16. The zero-order valence-electron chi connectivity index (χ0n) is 10.9. The molecule has 0 aromatic heterocycles. The first kappa shape index (κ1) is 14.8. The van der Waals surface area contributed by atoms with Crippen molar-refractivity contribution >= 4 is 11.7 Å². The van der Waals surface area contributed by atoms with Gasteiger partial charge in [0.25, 0.3) is 0 Å². The fourth-order valence-electron chi connectivity index (χ4n) is 1.56. The third kappa shape index (κ3) is 2.75. The second-order valence-electron chi connectivity index (χ2n) is 3.95. The molecule has 1 aromatic carbocycles. The van der Waals surface area contributed by atoms with Crippen LogP contribution in [0.5, 0.6) is 0 Å². The van der Waals surface area contributed by atoms with Gasteiger partial charge in [0.2, 0.25) is 0 Å². The highest BCUT2D eigenvalue weighted by atomic mass is 16.4. The molecule has 6 heteroatoms. The van der Waals surface area contributed by atoms with Crippen LogP contribution < -0.4 is 5.32 Å². The summed E-state index contributed by atoms with van der Waals surface area (Å²) < 4.78 is 0. The number of nitrogens with one attached hydrogen (secondary N) is 1. The van der Waals surface area contributed by atoms with Crippen molar-refractivity contribution in [1.82, 2.24) is 0 Å². The van der Waals surface area contributed by atoms with E-state index in [9.17, 15) is 4.79 Å². The van der Waals surface area contributed by atoms with E-state index in [1.54, 1.807) is 38.1 Å². The Kier molecular flexibility index (Phi) is 4.46. The summed E-state index contributed by atoms with van der Waals surface area (Å²) in [6, 6.07) is 7.93. The zero-order valence-corrected chi connectivity index (χ0v) is 10.9. The molecule has 0 aliphatic rings. The van der Waals surface area contributed by atoms with Crippen LogP contribution in [0.1, 0.15) is 21.5 Å². The van der Waals surface area contributed by atoms with E-state index in [0.717, 1.165) is 5.56 Å². The van der Waals surface area contributed by atoms with Crippen LogP contribution in [-0.2, 0) is 0 Å². The summed E-state index contributed by atoms with van der Waals surface area (Å²) in [6.45, 7) is 3.48. The Hall–Kier alpha value is -3.30. The fraction of sp³-hybridized carbons (Fsp3) is 0.143. The highest BCUT2D eigenvalue weighted by Crippen LogP contribution is 2.25. The third-order valence-electron chi connectivity index (χ3n) is 2.80. The normalized spacial score (nSPS) is 8.75. The van der Waals surface area contributed by atoms with Gasteiger partial charge < -0.3 is 10.4 Å². The molecule has 0 spiro atoms. The topological polar surface area (TPSA) is 121 Å². The molecular formula is C14H10N4O2. The maximum atomic E-state index is 11.2. The van der Waals surface area contributed by atoms with E-state index in [1.807, 2.05) is 0 Å². The van der Waals surface area contributed by atoms with Crippen LogP contribution in [0.2, 0.25) is 0 Å². The van der Waals surface area contributed by atoms with Crippen molar-refractivity contribution in [3.63, 3.8) is 0 Å². The molecule has 0 amide bonds. The summed E-state index contributed by atoms with van der Waals surface area (Å²) in [5, 5.41) is 38.3. The van der Waals surface area contributed by atoms with Crippen LogP contribution >= 0.6 is 0 Å². The predicted molar refractivity (Wildman–Crippen MR) is 70.4 cm³/mol. The van der Waals surface area contributed by atoms with Gasteiger partial charge in [-0.2, -0.15) is 15.8 Å². The highest BCUT2D eigenvalue weighted by Gasteiger charge is 2.16. The number of nitriles is 3. The summed E-state index contributed by atoms with van der Waals surface area (Å²) in [6.07, 6.45) is 0. The van der Waals surface area contributed by atoms with E-state index in [2.05, 4.69) is 5.32 Å². The number of allylic oxidation sites excluding steroid dienone is 2. The Morgan fingerprint density at radius 3 is 2.20 bits per heavy atom. The number of rotatable bonds is 3. The Morgan fingerprint density at radius 1 is 1.15 bits per heavy atom. The lowest BCUT2D eigenvalue weighted by Crippen LogP contribution is -2.09. The number of anilines is 1. The number of carboxylic acid groups (broad SMARTS) is 1. The Morgan fingerprint density at radius 2 is 1.75 bits per heavy atom. The number of hydrogen-bond donors (Lipinski definition) is 2. The Bertz CT molecular complexity index is 711. The molecule has 0 bridgehead atoms. The fourth-order valence-corrected chi connectivity index (χ4v) is 1.56. The smallest absolute Gasteiger partial charge is 0.337 e. The van der Waals surface area contributed by atoms with Crippen LogP contribution in [0.25, 0.3) is 0 Å². The lowest BCUT2D eigenvalue weighted by molar-refractivity contribution is 0.0698. The molecule has 98 valence electrons. The van der Waals surface area contributed by atoms with Crippen molar-refractivity contribution in [3.8, 4) is 18.2 Å². The molecule has 0 aliphatic heterocycles. The Balaban J connectivity index is 3.50. The molecule has 0 radical (unpaired) electrons. The van der Waals surface area contributed by atoms with Crippen LogP contribution in [-0.4, -0.2) is 11.1 Å². The van der Waals surface area contributed by atoms with Crippen LogP contribution in [0.3, 0.4) is 0 Å². The predicted octanol–water partition coefficient (Wildman–Crippen LogP) is 2.24. The number of aryl methyl sites for hydroxylation is 1.